The first-order valence-electron chi connectivity index (χ1n) is 9.79. The van der Waals surface area contributed by atoms with Crippen LogP contribution in [0, 0.1) is 5.92 Å². The van der Waals surface area contributed by atoms with Gasteiger partial charge in [0.05, 0.1) is 10.9 Å². The third kappa shape index (κ3) is 3.93. The number of amides is 1. The Morgan fingerprint density at radius 2 is 1.93 bits per heavy atom. The molecule has 1 aromatic heterocycles. The van der Waals surface area contributed by atoms with Gasteiger partial charge >= 0.3 is 0 Å². The minimum absolute atomic E-state index is 0.0525. The molecule has 4 N–H and O–H groups in total. The zero-order valence-corrected chi connectivity index (χ0v) is 17.3. The Hall–Kier alpha value is -2.64. The summed E-state index contributed by atoms with van der Waals surface area (Å²) < 4.78 is 22.8. The first-order chi connectivity index (χ1) is 13.7. The smallest absolute Gasteiger partial charge is 0.251 e. The summed E-state index contributed by atoms with van der Waals surface area (Å²) >= 11 is 0. The van der Waals surface area contributed by atoms with Crippen LogP contribution in [0.1, 0.15) is 53.5 Å². The van der Waals surface area contributed by atoms with Crippen LogP contribution in [0.5, 0.6) is 0 Å². The molecule has 1 amide bonds. The Kier molecular flexibility index (Phi) is 4.96. The lowest BCUT2D eigenvalue weighted by molar-refractivity contribution is 0.0940. The number of aromatic amines is 1. The quantitative estimate of drug-likeness (QED) is 0.612. The molecule has 0 radical (unpaired) electrons. The minimum Gasteiger partial charge on any atom is -0.358 e. The Balaban J connectivity index is 1.55. The zero-order valence-electron chi connectivity index (χ0n) is 16.5. The van der Waals surface area contributed by atoms with Crippen molar-refractivity contribution < 1.29 is 13.2 Å². The summed E-state index contributed by atoms with van der Waals surface area (Å²) in [4.78, 5) is 16.4. The second-order valence-corrected chi connectivity index (χ2v) is 9.56. The molecule has 1 aliphatic carbocycles. The Morgan fingerprint density at radius 3 is 2.62 bits per heavy atom. The average molecular weight is 412 g/mol. The van der Waals surface area contributed by atoms with E-state index in [2.05, 4.69) is 17.2 Å². The van der Waals surface area contributed by atoms with Crippen LogP contribution in [-0.4, -0.2) is 19.3 Å². The molecular weight excluding hydrogens is 386 g/mol. The second-order valence-electron chi connectivity index (χ2n) is 8.00. The van der Waals surface area contributed by atoms with Crippen LogP contribution in [0.25, 0.3) is 10.9 Å². The summed E-state index contributed by atoms with van der Waals surface area (Å²) in [5, 5.41) is 9.25. The molecule has 0 spiro atoms. The molecule has 2 aromatic carbocycles. The average Bonchev–Trinajstić information content (AvgIpc) is 3.04. The first kappa shape index (κ1) is 19.7. The van der Waals surface area contributed by atoms with Crippen LogP contribution < -0.4 is 10.5 Å². The number of carbonyl (C=O) groups is 1. The minimum atomic E-state index is -3.73. The SMILES string of the molecule is C[C@@H]1CCc2[nH]c3ccc(C(=O)N[C@H](C)c4ccc(S(N)(=O)=O)cc4)cc3c2C1. The largest absolute Gasteiger partial charge is 0.358 e. The number of hydrogen-bond acceptors (Lipinski definition) is 3. The van der Waals surface area contributed by atoms with Crippen molar-refractivity contribution in [3.63, 3.8) is 0 Å². The molecule has 0 saturated heterocycles. The molecule has 152 valence electrons. The van der Waals surface area contributed by atoms with Gasteiger partial charge in [-0.3, -0.25) is 4.79 Å². The van der Waals surface area contributed by atoms with Crippen molar-refractivity contribution in [1.82, 2.24) is 10.3 Å². The maximum absolute atomic E-state index is 12.8. The van der Waals surface area contributed by atoms with Gasteiger partial charge in [-0.25, -0.2) is 13.6 Å². The van der Waals surface area contributed by atoms with Crippen LogP contribution in [-0.2, 0) is 22.9 Å². The van der Waals surface area contributed by atoms with E-state index in [1.54, 1.807) is 12.1 Å². The molecule has 6 nitrogen and oxygen atoms in total. The van der Waals surface area contributed by atoms with Gasteiger partial charge in [-0.2, -0.15) is 0 Å². The molecule has 0 fully saturated rings. The molecule has 1 heterocycles. The lowest BCUT2D eigenvalue weighted by atomic mass is 9.87. The molecule has 4 rings (SSSR count). The number of nitrogens with one attached hydrogen (secondary N) is 2. The maximum Gasteiger partial charge on any atom is 0.251 e. The summed E-state index contributed by atoms with van der Waals surface area (Å²) in [6.45, 7) is 4.13. The third-order valence-corrected chi connectivity index (χ3v) is 6.68. The molecule has 29 heavy (non-hydrogen) atoms. The Labute approximate surface area is 170 Å². The normalized spacial score (nSPS) is 17.7. The second kappa shape index (κ2) is 7.31. The highest BCUT2D eigenvalue weighted by Crippen LogP contribution is 2.32. The van der Waals surface area contributed by atoms with E-state index in [-0.39, 0.29) is 16.8 Å². The number of primary sulfonamides is 1. The number of fused-ring (bicyclic) bond motifs is 3. The third-order valence-electron chi connectivity index (χ3n) is 5.75. The fraction of sp³-hybridized carbons (Fsp3) is 0.318. The number of hydrogen-bond donors (Lipinski definition) is 3. The summed E-state index contributed by atoms with van der Waals surface area (Å²) in [7, 11) is -3.73. The van der Waals surface area contributed by atoms with Crippen LogP contribution in [0.15, 0.2) is 47.4 Å². The van der Waals surface area contributed by atoms with E-state index in [1.165, 1.54) is 29.8 Å². The van der Waals surface area contributed by atoms with E-state index < -0.39 is 10.0 Å². The van der Waals surface area contributed by atoms with Gasteiger partial charge in [0.1, 0.15) is 0 Å². The molecule has 1 aliphatic rings. The van der Waals surface area contributed by atoms with Crippen molar-refractivity contribution in [3.8, 4) is 0 Å². The standard InChI is InChI=1S/C22H25N3O3S/c1-13-3-9-20-18(11-13)19-12-16(6-10-21(19)25-20)22(26)24-14(2)15-4-7-17(8-5-15)29(23,27)28/h4-8,10,12-14,25H,3,9,11H2,1-2H3,(H,24,26)(H2,23,27,28)/t13-,14-/m1/s1. The number of rotatable bonds is 4. The number of benzene rings is 2. The van der Waals surface area contributed by atoms with Gasteiger partial charge in [0, 0.05) is 22.2 Å². The van der Waals surface area contributed by atoms with Crippen molar-refractivity contribution in [3.05, 3.63) is 64.8 Å². The fourth-order valence-electron chi connectivity index (χ4n) is 4.04. The van der Waals surface area contributed by atoms with Crippen molar-refractivity contribution in [2.24, 2.45) is 11.1 Å². The highest BCUT2D eigenvalue weighted by Gasteiger charge is 2.21. The van der Waals surface area contributed by atoms with Crippen LogP contribution in [0.4, 0.5) is 0 Å². The van der Waals surface area contributed by atoms with E-state index in [9.17, 15) is 13.2 Å². The molecule has 0 aliphatic heterocycles. The zero-order chi connectivity index (χ0) is 20.8. The lowest BCUT2D eigenvalue weighted by Gasteiger charge is -2.18. The highest BCUT2D eigenvalue weighted by molar-refractivity contribution is 7.89. The van der Waals surface area contributed by atoms with Crippen molar-refractivity contribution >= 4 is 26.8 Å². The van der Waals surface area contributed by atoms with E-state index in [0.717, 1.165) is 29.3 Å². The molecule has 0 saturated carbocycles. The molecule has 0 bridgehead atoms. The first-order valence-corrected chi connectivity index (χ1v) is 11.3. The van der Waals surface area contributed by atoms with Gasteiger partial charge in [-0.15, -0.1) is 0 Å². The van der Waals surface area contributed by atoms with Gasteiger partial charge in [0.2, 0.25) is 10.0 Å². The summed E-state index contributed by atoms with van der Waals surface area (Å²) in [6.07, 6.45) is 3.28. The van der Waals surface area contributed by atoms with E-state index >= 15 is 0 Å². The van der Waals surface area contributed by atoms with Gasteiger partial charge in [0.15, 0.2) is 0 Å². The topological polar surface area (TPSA) is 105 Å². The fourth-order valence-corrected chi connectivity index (χ4v) is 4.56. The Bertz CT molecular complexity index is 1180. The van der Waals surface area contributed by atoms with Crippen LogP contribution in [0.2, 0.25) is 0 Å². The van der Waals surface area contributed by atoms with Crippen molar-refractivity contribution in [2.45, 2.75) is 44.0 Å². The molecule has 0 unspecified atom stereocenters. The molecule has 7 heteroatoms. The van der Waals surface area contributed by atoms with Gasteiger partial charge in [-0.05, 0) is 73.6 Å². The Morgan fingerprint density at radius 1 is 1.21 bits per heavy atom. The monoisotopic (exact) mass is 411 g/mol. The van der Waals surface area contributed by atoms with Gasteiger partial charge in [-0.1, -0.05) is 19.1 Å². The van der Waals surface area contributed by atoms with Crippen LogP contribution >= 0.6 is 0 Å². The van der Waals surface area contributed by atoms with Crippen molar-refractivity contribution in [1.29, 1.82) is 0 Å². The number of aryl methyl sites for hydroxylation is 1. The molecular formula is C22H25N3O3S. The summed E-state index contributed by atoms with van der Waals surface area (Å²) in [6, 6.07) is 11.7. The highest BCUT2D eigenvalue weighted by atomic mass is 32.2. The maximum atomic E-state index is 12.8. The number of carbonyl (C=O) groups excluding carboxylic acids is 1. The predicted octanol–water partition coefficient (Wildman–Crippen LogP) is 3.43. The molecule has 2 atom stereocenters. The van der Waals surface area contributed by atoms with E-state index in [0.29, 0.717) is 11.5 Å². The lowest BCUT2D eigenvalue weighted by Crippen LogP contribution is -2.26. The number of aromatic nitrogens is 1. The number of nitrogens with two attached hydrogens (primary N) is 1. The summed E-state index contributed by atoms with van der Waals surface area (Å²) in [5.41, 5.74) is 5.12. The number of sulfonamides is 1. The van der Waals surface area contributed by atoms with Crippen LogP contribution in [0.3, 0.4) is 0 Å². The number of H-pyrrole nitrogens is 1. The van der Waals surface area contributed by atoms with E-state index in [1.807, 2.05) is 25.1 Å². The van der Waals surface area contributed by atoms with Crippen molar-refractivity contribution in [2.75, 3.05) is 0 Å². The predicted molar refractivity (Wildman–Crippen MR) is 113 cm³/mol. The van der Waals surface area contributed by atoms with E-state index in [4.69, 9.17) is 5.14 Å². The van der Waals surface area contributed by atoms with Gasteiger partial charge in [0.25, 0.3) is 5.91 Å². The van der Waals surface area contributed by atoms with Gasteiger partial charge < -0.3 is 10.3 Å². The molecule has 3 aromatic rings. The summed E-state index contributed by atoms with van der Waals surface area (Å²) in [5.74, 6) is 0.494.